The summed E-state index contributed by atoms with van der Waals surface area (Å²) < 4.78 is 0. The average Bonchev–Trinajstić information content (AvgIpc) is 2.16. The molecule has 8 heteroatoms. The molecule has 1 heterocycles. The number of carbonyl (C=O) groups is 3. The molecular weight excluding hydrogens is 170 g/mol. The normalized spacial score (nSPS) is 17.1. The molecule has 0 aromatic carbocycles. The van der Waals surface area contributed by atoms with E-state index < -0.39 is 24.6 Å². The lowest BCUT2D eigenvalue weighted by molar-refractivity contribution is -0.146. The van der Waals surface area contributed by atoms with Crippen molar-refractivity contribution in [3.63, 3.8) is 0 Å². The molecule has 0 unspecified atom stereocenters. The van der Waals surface area contributed by atoms with Gasteiger partial charge in [-0.1, -0.05) is 5.06 Å². The smallest absolute Gasteiger partial charge is 0.333 e. The molecule has 1 aliphatic rings. The zero-order chi connectivity index (χ0) is 9.30. The Labute approximate surface area is 66.0 Å². The van der Waals surface area contributed by atoms with Crippen molar-refractivity contribution in [2.75, 3.05) is 6.54 Å². The quantitative estimate of drug-likeness (QED) is 0.377. The maximum Gasteiger partial charge on any atom is 0.429 e. The SMILES string of the molecule is NC(=O)ON1C(=O)CN(O)C1=O. The van der Waals surface area contributed by atoms with Crippen LogP contribution in [0.4, 0.5) is 9.59 Å². The minimum Gasteiger partial charge on any atom is -0.333 e. The van der Waals surface area contributed by atoms with Crippen molar-refractivity contribution in [1.29, 1.82) is 0 Å². The van der Waals surface area contributed by atoms with Crippen LogP contribution < -0.4 is 5.73 Å². The van der Waals surface area contributed by atoms with Gasteiger partial charge in [0.25, 0.3) is 5.91 Å². The van der Waals surface area contributed by atoms with E-state index in [0.717, 1.165) is 0 Å². The maximum absolute atomic E-state index is 10.7. The zero-order valence-electron chi connectivity index (χ0n) is 5.76. The third kappa shape index (κ3) is 1.27. The zero-order valence-corrected chi connectivity index (χ0v) is 5.76. The van der Waals surface area contributed by atoms with Crippen LogP contribution in [0.5, 0.6) is 0 Å². The van der Waals surface area contributed by atoms with Crippen LogP contribution in [0.25, 0.3) is 0 Å². The average molecular weight is 175 g/mol. The predicted octanol–water partition coefficient (Wildman–Crippen LogP) is -1.35. The lowest BCUT2D eigenvalue weighted by Crippen LogP contribution is -2.36. The molecule has 0 aromatic heterocycles. The van der Waals surface area contributed by atoms with E-state index in [4.69, 9.17) is 5.21 Å². The molecule has 0 atom stereocenters. The molecule has 0 bridgehead atoms. The van der Waals surface area contributed by atoms with Gasteiger partial charge < -0.3 is 10.6 Å². The van der Waals surface area contributed by atoms with E-state index in [1.807, 2.05) is 0 Å². The van der Waals surface area contributed by atoms with E-state index in [2.05, 4.69) is 10.6 Å². The van der Waals surface area contributed by atoms with Gasteiger partial charge in [-0.25, -0.2) is 9.59 Å². The Hall–Kier alpha value is -1.83. The third-order valence-electron chi connectivity index (χ3n) is 1.09. The summed E-state index contributed by atoms with van der Waals surface area (Å²) in [6.45, 7) is -0.549. The molecule has 0 aliphatic carbocycles. The van der Waals surface area contributed by atoms with Crippen molar-refractivity contribution in [3.8, 4) is 0 Å². The number of primary amides is 1. The maximum atomic E-state index is 10.7. The molecule has 0 radical (unpaired) electrons. The van der Waals surface area contributed by atoms with Crippen LogP contribution in [0.2, 0.25) is 0 Å². The first-order valence-electron chi connectivity index (χ1n) is 2.83. The van der Waals surface area contributed by atoms with Crippen molar-refractivity contribution in [2.45, 2.75) is 0 Å². The summed E-state index contributed by atoms with van der Waals surface area (Å²) in [5.41, 5.74) is 4.53. The molecule has 0 spiro atoms. The van der Waals surface area contributed by atoms with Gasteiger partial charge in [0.05, 0.1) is 0 Å². The van der Waals surface area contributed by atoms with E-state index in [-0.39, 0.29) is 10.1 Å². The van der Waals surface area contributed by atoms with Crippen molar-refractivity contribution in [2.24, 2.45) is 5.73 Å². The van der Waals surface area contributed by atoms with Crippen molar-refractivity contribution >= 4 is 18.0 Å². The summed E-state index contributed by atoms with van der Waals surface area (Å²) in [4.78, 5) is 35.5. The molecule has 1 fully saturated rings. The monoisotopic (exact) mass is 175 g/mol. The molecule has 1 saturated heterocycles. The predicted molar refractivity (Wildman–Crippen MR) is 31.4 cm³/mol. The molecule has 1 aliphatic heterocycles. The summed E-state index contributed by atoms with van der Waals surface area (Å²) in [6, 6.07) is -1.14. The first kappa shape index (κ1) is 8.27. The molecule has 12 heavy (non-hydrogen) atoms. The number of carbonyl (C=O) groups excluding carboxylic acids is 3. The molecule has 4 amide bonds. The number of hydroxylamine groups is 4. The lowest BCUT2D eigenvalue weighted by atomic mass is 10.6. The second-order valence-electron chi connectivity index (χ2n) is 1.94. The summed E-state index contributed by atoms with van der Waals surface area (Å²) >= 11 is 0. The van der Waals surface area contributed by atoms with Gasteiger partial charge in [-0.2, -0.15) is 5.06 Å². The van der Waals surface area contributed by atoms with Crippen LogP contribution in [-0.2, 0) is 9.63 Å². The Kier molecular flexibility index (Phi) is 1.83. The number of hydrogen-bond donors (Lipinski definition) is 2. The van der Waals surface area contributed by atoms with Gasteiger partial charge in [-0.15, -0.1) is 0 Å². The molecule has 66 valence electrons. The van der Waals surface area contributed by atoms with E-state index in [0.29, 0.717) is 0 Å². The highest BCUT2D eigenvalue weighted by Gasteiger charge is 2.38. The Morgan fingerprint density at radius 3 is 2.50 bits per heavy atom. The largest absolute Gasteiger partial charge is 0.429 e. The molecule has 1 rings (SSSR count). The minimum atomic E-state index is -1.30. The highest BCUT2D eigenvalue weighted by molar-refractivity contribution is 6.00. The number of rotatable bonds is 1. The number of hydrogen-bond acceptors (Lipinski definition) is 5. The van der Waals surface area contributed by atoms with Crippen LogP contribution >= 0.6 is 0 Å². The third-order valence-corrected chi connectivity index (χ3v) is 1.09. The van der Waals surface area contributed by atoms with Crippen LogP contribution in [0.15, 0.2) is 0 Å². The Balaban J connectivity index is 2.70. The van der Waals surface area contributed by atoms with E-state index in [1.165, 1.54) is 0 Å². The second-order valence-corrected chi connectivity index (χ2v) is 1.94. The summed E-state index contributed by atoms with van der Waals surface area (Å²) in [5, 5.41) is 8.83. The number of imide groups is 1. The van der Waals surface area contributed by atoms with Crippen molar-refractivity contribution in [3.05, 3.63) is 0 Å². The van der Waals surface area contributed by atoms with Crippen LogP contribution in [0.3, 0.4) is 0 Å². The fourth-order valence-electron chi connectivity index (χ4n) is 0.651. The topological polar surface area (TPSA) is 113 Å². The van der Waals surface area contributed by atoms with Crippen molar-refractivity contribution < 1.29 is 24.4 Å². The highest BCUT2D eigenvalue weighted by Crippen LogP contribution is 2.07. The Morgan fingerprint density at radius 1 is 1.58 bits per heavy atom. The van der Waals surface area contributed by atoms with E-state index in [1.54, 1.807) is 0 Å². The fraction of sp³-hybridized carbons (Fsp3) is 0.250. The van der Waals surface area contributed by atoms with Gasteiger partial charge in [0.1, 0.15) is 6.54 Å². The molecule has 8 nitrogen and oxygen atoms in total. The number of nitrogens with two attached hydrogens (primary N) is 1. The Bertz CT molecular complexity index is 251. The lowest BCUT2D eigenvalue weighted by Gasteiger charge is -2.09. The van der Waals surface area contributed by atoms with E-state index >= 15 is 0 Å². The first-order chi connectivity index (χ1) is 5.52. The Morgan fingerprint density at radius 2 is 2.17 bits per heavy atom. The van der Waals surface area contributed by atoms with Crippen LogP contribution in [0.1, 0.15) is 0 Å². The second kappa shape index (κ2) is 2.66. The van der Waals surface area contributed by atoms with Crippen LogP contribution in [-0.4, -0.2) is 39.9 Å². The molecule has 0 saturated carbocycles. The van der Waals surface area contributed by atoms with Gasteiger partial charge in [-0.3, -0.25) is 10.0 Å². The standard InChI is InChI=1S/C4H5N3O5/c5-3(9)12-7-2(8)1-6(11)4(7)10/h11H,1H2,(H2,5,9). The molecule has 0 aromatic rings. The van der Waals surface area contributed by atoms with E-state index in [9.17, 15) is 14.4 Å². The first-order valence-corrected chi connectivity index (χ1v) is 2.83. The molecule has 3 N–H and O–H groups in total. The van der Waals surface area contributed by atoms with Gasteiger partial charge in [-0.05, 0) is 0 Å². The highest BCUT2D eigenvalue weighted by atomic mass is 16.7. The fourth-order valence-corrected chi connectivity index (χ4v) is 0.651. The summed E-state index contributed by atoms with van der Waals surface area (Å²) in [5.74, 6) is -0.860. The summed E-state index contributed by atoms with van der Waals surface area (Å²) in [6.07, 6.45) is -1.30. The van der Waals surface area contributed by atoms with Crippen molar-refractivity contribution in [1.82, 2.24) is 10.1 Å². The number of nitrogens with zero attached hydrogens (tertiary/aromatic N) is 2. The van der Waals surface area contributed by atoms with Gasteiger partial charge >= 0.3 is 12.1 Å². The summed E-state index contributed by atoms with van der Waals surface area (Å²) in [7, 11) is 0. The number of urea groups is 1. The van der Waals surface area contributed by atoms with Crippen LogP contribution in [0, 0.1) is 0 Å². The van der Waals surface area contributed by atoms with Gasteiger partial charge in [0.15, 0.2) is 0 Å². The van der Waals surface area contributed by atoms with Gasteiger partial charge in [0, 0.05) is 0 Å². The minimum absolute atomic E-state index is 0.0856. The molecular formula is C4H5N3O5. The van der Waals surface area contributed by atoms with Gasteiger partial charge in [0.2, 0.25) is 0 Å². The number of amides is 4.